The molecule has 0 radical (unpaired) electrons. The standard InChI is InChI=1S/C13H23Cl2N3/c1-4-18-12(13(15)11(3)17-18)9-16-7-5-6-10(2)8-14/h10,16H,4-9H2,1-3H3. The Morgan fingerprint density at radius 2 is 2.17 bits per heavy atom. The van der Waals surface area contributed by atoms with Crippen LogP contribution < -0.4 is 5.32 Å². The van der Waals surface area contributed by atoms with Crippen molar-refractivity contribution in [3.8, 4) is 0 Å². The Labute approximate surface area is 120 Å². The summed E-state index contributed by atoms with van der Waals surface area (Å²) in [4.78, 5) is 0. The highest BCUT2D eigenvalue weighted by atomic mass is 35.5. The number of aromatic nitrogens is 2. The number of hydrogen-bond donors (Lipinski definition) is 1. The number of rotatable bonds is 8. The molecule has 3 nitrogen and oxygen atoms in total. The van der Waals surface area contributed by atoms with E-state index in [0.29, 0.717) is 5.92 Å². The van der Waals surface area contributed by atoms with E-state index in [1.54, 1.807) is 0 Å². The molecule has 0 spiro atoms. The number of nitrogens with one attached hydrogen (secondary N) is 1. The van der Waals surface area contributed by atoms with Gasteiger partial charge in [-0.2, -0.15) is 5.10 Å². The first-order valence-corrected chi connectivity index (χ1v) is 7.49. The fraction of sp³-hybridized carbons (Fsp3) is 0.769. The van der Waals surface area contributed by atoms with E-state index in [4.69, 9.17) is 23.2 Å². The van der Waals surface area contributed by atoms with E-state index in [2.05, 4.69) is 24.3 Å². The van der Waals surface area contributed by atoms with Crippen molar-refractivity contribution < 1.29 is 0 Å². The van der Waals surface area contributed by atoms with E-state index in [-0.39, 0.29) is 0 Å². The van der Waals surface area contributed by atoms with Gasteiger partial charge in [0.25, 0.3) is 0 Å². The van der Waals surface area contributed by atoms with Crippen molar-refractivity contribution in [2.24, 2.45) is 5.92 Å². The zero-order valence-electron chi connectivity index (χ0n) is 11.5. The molecule has 5 heteroatoms. The van der Waals surface area contributed by atoms with Gasteiger partial charge in [0.15, 0.2) is 0 Å². The lowest BCUT2D eigenvalue weighted by molar-refractivity contribution is 0.519. The van der Waals surface area contributed by atoms with Crippen LogP contribution in [0.1, 0.15) is 38.1 Å². The van der Waals surface area contributed by atoms with Crippen molar-refractivity contribution in [2.45, 2.75) is 46.7 Å². The zero-order chi connectivity index (χ0) is 13.5. The SMILES string of the molecule is CCn1nc(C)c(Cl)c1CNCCCC(C)CCl. The highest BCUT2D eigenvalue weighted by Gasteiger charge is 2.11. The monoisotopic (exact) mass is 291 g/mol. The van der Waals surface area contributed by atoms with Gasteiger partial charge < -0.3 is 5.32 Å². The van der Waals surface area contributed by atoms with E-state index in [0.717, 1.165) is 54.8 Å². The maximum Gasteiger partial charge on any atom is 0.0860 e. The molecule has 18 heavy (non-hydrogen) atoms. The van der Waals surface area contributed by atoms with Gasteiger partial charge in [0.2, 0.25) is 0 Å². The highest BCUT2D eigenvalue weighted by Crippen LogP contribution is 2.19. The lowest BCUT2D eigenvalue weighted by Gasteiger charge is -2.09. The molecule has 0 aromatic carbocycles. The summed E-state index contributed by atoms with van der Waals surface area (Å²) in [7, 11) is 0. The van der Waals surface area contributed by atoms with Crippen LogP contribution in [-0.2, 0) is 13.1 Å². The van der Waals surface area contributed by atoms with E-state index in [1.165, 1.54) is 0 Å². The highest BCUT2D eigenvalue weighted by molar-refractivity contribution is 6.31. The van der Waals surface area contributed by atoms with Gasteiger partial charge in [-0.1, -0.05) is 18.5 Å². The Morgan fingerprint density at radius 3 is 2.78 bits per heavy atom. The van der Waals surface area contributed by atoms with Crippen molar-refractivity contribution in [3.05, 3.63) is 16.4 Å². The first-order chi connectivity index (χ1) is 8.60. The fourth-order valence-corrected chi connectivity index (χ4v) is 2.25. The second-order valence-corrected chi connectivity index (χ2v) is 5.43. The number of aryl methyl sites for hydroxylation is 2. The molecule has 1 heterocycles. The Morgan fingerprint density at radius 1 is 1.44 bits per heavy atom. The first-order valence-electron chi connectivity index (χ1n) is 6.58. The molecule has 0 fully saturated rings. The van der Waals surface area contributed by atoms with Crippen LogP contribution in [0.2, 0.25) is 5.02 Å². The maximum absolute atomic E-state index is 6.24. The average Bonchev–Trinajstić information content (AvgIpc) is 2.65. The third-order valence-electron chi connectivity index (χ3n) is 3.06. The van der Waals surface area contributed by atoms with Crippen LogP contribution >= 0.6 is 23.2 Å². The summed E-state index contributed by atoms with van der Waals surface area (Å²) < 4.78 is 1.96. The minimum atomic E-state index is 0.598. The van der Waals surface area contributed by atoms with Crippen LogP contribution in [0, 0.1) is 12.8 Å². The van der Waals surface area contributed by atoms with Crippen LogP contribution in [0.15, 0.2) is 0 Å². The number of halogens is 2. The molecule has 1 unspecified atom stereocenters. The molecule has 0 saturated heterocycles. The lowest BCUT2D eigenvalue weighted by atomic mass is 10.1. The predicted octanol–water partition coefficient (Wildman–Crippen LogP) is 3.61. The van der Waals surface area contributed by atoms with Gasteiger partial charge in [-0.05, 0) is 39.2 Å². The molecular formula is C13H23Cl2N3. The maximum atomic E-state index is 6.24. The van der Waals surface area contributed by atoms with Gasteiger partial charge in [-0.15, -0.1) is 11.6 Å². The Kier molecular flexibility index (Phi) is 7.05. The molecule has 0 aliphatic carbocycles. The smallest absolute Gasteiger partial charge is 0.0860 e. The summed E-state index contributed by atoms with van der Waals surface area (Å²) in [5.41, 5.74) is 1.99. The van der Waals surface area contributed by atoms with Gasteiger partial charge >= 0.3 is 0 Å². The topological polar surface area (TPSA) is 29.9 Å². The summed E-state index contributed by atoms with van der Waals surface area (Å²) in [5.74, 6) is 1.34. The van der Waals surface area contributed by atoms with E-state index in [1.807, 2.05) is 11.6 Å². The molecule has 0 bridgehead atoms. The summed E-state index contributed by atoms with van der Waals surface area (Å²) in [6.07, 6.45) is 2.31. The molecule has 0 aliphatic rings. The molecule has 0 aliphatic heterocycles. The fourth-order valence-electron chi connectivity index (χ4n) is 1.90. The Balaban J connectivity index is 2.35. The molecule has 1 aromatic rings. The Bertz CT molecular complexity index is 363. The van der Waals surface area contributed by atoms with Crippen LogP contribution in [0.25, 0.3) is 0 Å². The van der Waals surface area contributed by atoms with Crippen molar-refractivity contribution in [2.75, 3.05) is 12.4 Å². The largest absolute Gasteiger partial charge is 0.311 e. The van der Waals surface area contributed by atoms with Gasteiger partial charge in [0.1, 0.15) is 0 Å². The van der Waals surface area contributed by atoms with Gasteiger partial charge in [0.05, 0.1) is 16.4 Å². The number of hydrogen-bond acceptors (Lipinski definition) is 2. The Hall–Kier alpha value is -0.250. The normalized spacial score (nSPS) is 12.9. The molecule has 1 rings (SSSR count). The van der Waals surface area contributed by atoms with Crippen molar-refractivity contribution in [3.63, 3.8) is 0 Å². The summed E-state index contributed by atoms with van der Waals surface area (Å²) in [5, 5.41) is 8.61. The lowest BCUT2D eigenvalue weighted by Crippen LogP contribution is -2.18. The zero-order valence-corrected chi connectivity index (χ0v) is 13.0. The van der Waals surface area contributed by atoms with Crippen LogP contribution in [-0.4, -0.2) is 22.2 Å². The van der Waals surface area contributed by atoms with E-state index < -0.39 is 0 Å². The number of alkyl halides is 1. The average molecular weight is 292 g/mol. The van der Waals surface area contributed by atoms with Crippen molar-refractivity contribution >= 4 is 23.2 Å². The van der Waals surface area contributed by atoms with Crippen molar-refractivity contribution in [1.29, 1.82) is 0 Å². The third kappa shape index (κ3) is 4.45. The van der Waals surface area contributed by atoms with Crippen LogP contribution in [0.5, 0.6) is 0 Å². The molecule has 1 N–H and O–H groups in total. The third-order valence-corrected chi connectivity index (χ3v) is 4.08. The van der Waals surface area contributed by atoms with Gasteiger partial charge in [0, 0.05) is 19.0 Å². The summed E-state index contributed by atoms with van der Waals surface area (Å²) in [6.45, 7) is 8.83. The van der Waals surface area contributed by atoms with Crippen LogP contribution in [0.3, 0.4) is 0 Å². The minimum Gasteiger partial charge on any atom is -0.311 e. The van der Waals surface area contributed by atoms with Gasteiger partial charge in [-0.25, -0.2) is 0 Å². The molecular weight excluding hydrogens is 269 g/mol. The second-order valence-electron chi connectivity index (χ2n) is 4.74. The molecule has 0 amide bonds. The summed E-state index contributed by atoms with van der Waals surface area (Å²) in [6, 6.07) is 0. The van der Waals surface area contributed by atoms with Gasteiger partial charge in [-0.3, -0.25) is 4.68 Å². The van der Waals surface area contributed by atoms with E-state index in [9.17, 15) is 0 Å². The van der Waals surface area contributed by atoms with Crippen molar-refractivity contribution in [1.82, 2.24) is 15.1 Å². The minimum absolute atomic E-state index is 0.598. The van der Waals surface area contributed by atoms with E-state index >= 15 is 0 Å². The molecule has 104 valence electrons. The molecule has 1 aromatic heterocycles. The first kappa shape index (κ1) is 15.8. The second kappa shape index (κ2) is 8.03. The molecule has 0 saturated carbocycles. The number of nitrogens with zero attached hydrogens (tertiary/aromatic N) is 2. The quantitative estimate of drug-likeness (QED) is 0.586. The predicted molar refractivity (Wildman–Crippen MR) is 78.5 cm³/mol. The van der Waals surface area contributed by atoms with Crippen LogP contribution in [0.4, 0.5) is 0 Å². The molecule has 1 atom stereocenters. The summed E-state index contributed by atoms with van der Waals surface area (Å²) >= 11 is 12.0.